The van der Waals surface area contributed by atoms with Crippen molar-refractivity contribution in [1.29, 1.82) is 0 Å². The highest BCUT2D eigenvalue weighted by Gasteiger charge is 2.18. The van der Waals surface area contributed by atoms with Gasteiger partial charge in [-0.15, -0.1) is 0 Å². The molecule has 0 radical (unpaired) electrons. The monoisotopic (exact) mass is 443 g/mol. The van der Waals surface area contributed by atoms with Gasteiger partial charge in [-0.2, -0.15) is 0 Å². The van der Waals surface area contributed by atoms with E-state index in [9.17, 15) is 14.4 Å². The van der Waals surface area contributed by atoms with Gasteiger partial charge >= 0.3 is 5.69 Å². The Kier molecular flexibility index (Phi) is 5.18. The third-order valence-electron chi connectivity index (χ3n) is 5.55. The summed E-state index contributed by atoms with van der Waals surface area (Å²) in [5, 5.41) is 3.17. The van der Waals surface area contributed by atoms with E-state index in [0.717, 1.165) is 10.1 Å². The number of nitrogens with zero attached hydrogens (tertiary/aromatic N) is 2. The van der Waals surface area contributed by atoms with Crippen LogP contribution < -0.4 is 26.0 Å². The Morgan fingerprint density at radius 2 is 1.70 bits per heavy atom. The summed E-state index contributed by atoms with van der Waals surface area (Å²) in [6.45, 7) is 1.91. The number of carbonyl (C=O) groups excluding carboxylic acids is 1. The second-order valence-electron chi connectivity index (χ2n) is 7.88. The largest absolute Gasteiger partial charge is 0.454 e. The number of benzene rings is 3. The standard InChI is InChI=1S/C25H21N3O5/c1-16-6-9-18(10-7-16)26-23(29)14-27-20-5-3-2-4-19(20)24(30)28(25(27)31)13-17-8-11-21-22(12-17)33-15-32-21/h2-12H,13-15H2,1H3,(H,26,29). The number of nitrogens with one attached hydrogen (secondary N) is 1. The summed E-state index contributed by atoms with van der Waals surface area (Å²) in [4.78, 5) is 39.3. The van der Waals surface area contributed by atoms with Crippen LogP contribution in [0.4, 0.5) is 5.69 Å². The molecule has 2 heterocycles. The fourth-order valence-corrected chi connectivity index (χ4v) is 3.87. The van der Waals surface area contributed by atoms with E-state index in [1.807, 2.05) is 19.1 Å². The third-order valence-corrected chi connectivity index (χ3v) is 5.55. The SMILES string of the molecule is Cc1ccc(NC(=O)Cn2c(=O)n(Cc3ccc4c(c3)OCO4)c(=O)c3ccccc32)cc1. The van der Waals surface area contributed by atoms with Gasteiger partial charge < -0.3 is 14.8 Å². The van der Waals surface area contributed by atoms with Crippen LogP contribution in [0.15, 0.2) is 76.3 Å². The molecule has 1 aliphatic rings. The molecular formula is C25H21N3O5. The number of carbonyl (C=O) groups is 1. The molecule has 0 unspecified atom stereocenters. The van der Waals surface area contributed by atoms with E-state index in [2.05, 4.69) is 5.32 Å². The number of fused-ring (bicyclic) bond motifs is 2. The Hall–Kier alpha value is -4.33. The molecule has 4 aromatic rings. The number of ether oxygens (including phenoxy) is 2. The lowest BCUT2D eigenvalue weighted by Crippen LogP contribution is -2.42. The second kappa shape index (κ2) is 8.31. The molecule has 0 saturated carbocycles. The van der Waals surface area contributed by atoms with E-state index < -0.39 is 11.2 Å². The van der Waals surface area contributed by atoms with Gasteiger partial charge in [0, 0.05) is 5.69 Å². The van der Waals surface area contributed by atoms with Crippen molar-refractivity contribution in [2.45, 2.75) is 20.0 Å². The zero-order valence-electron chi connectivity index (χ0n) is 17.9. The van der Waals surface area contributed by atoms with Crippen molar-refractivity contribution in [1.82, 2.24) is 9.13 Å². The lowest BCUT2D eigenvalue weighted by atomic mass is 10.2. The van der Waals surface area contributed by atoms with E-state index in [1.165, 1.54) is 4.57 Å². The van der Waals surface area contributed by atoms with Crippen LogP contribution in [0.3, 0.4) is 0 Å². The van der Waals surface area contributed by atoms with Crippen molar-refractivity contribution in [3.8, 4) is 11.5 Å². The minimum Gasteiger partial charge on any atom is -0.454 e. The van der Waals surface area contributed by atoms with Crippen LogP contribution in [0.2, 0.25) is 0 Å². The van der Waals surface area contributed by atoms with Gasteiger partial charge in [-0.1, -0.05) is 35.9 Å². The van der Waals surface area contributed by atoms with Crippen LogP contribution in [-0.4, -0.2) is 21.8 Å². The van der Waals surface area contributed by atoms with Gasteiger partial charge in [0.2, 0.25) is 12.7 Å². The number of aryl methyl sites for hydroxylation is 1. The number of aromatic nitrogens is 2. The van der Waals surface area contributed by atoms with E-state index in [-0.39, 0.29) is 25.8 Å². The summed E-state index contributed by atoms with van der Waals surface area (Å²) in [6.07, 6.45) is 0. The maximum Gasteiger partial charge on any atom is 0.332 e. The normalized spacial score (nSPS) is 12.2. The zero-order valence-corrected chi connectivity index (χ0v) is 17.9. The molecule has 0 bridgehead atoms. The van der Waals surface area contributed by atoms with Crippen LogP contribution in [-0.2, 0) is 17.9 Å². The molecule has 1 aromatic heterocycles. The average Bonchev–Trinajstić information content (AvgIpc) is 3.29. The van der Waals surface area contributed by atoms with Crippen LogP contribution in [0, 0.1) is 6.92 Å². The highest BCUT2D eigenvalue weighted by Crippen LogP contribution is 2.32. The molecular weight excluding hydrogens is 422 g/mol. The highest BCUT2D eigenvalue weighted by atomic mass is 16.7. The van der Waals surface area contributed by atoms with Crippen molar-refractivity contribution >= 4 is 22.5 Å². The first-order valence-electron chi connectivity index (χ1n) is 10.5. The van der Waals surface area contributed by atoms with Crippen molar-refractivity contribution in [3.63, 3.8) is 0 Å². The molecule has 3 aromatic carbocycles. The zero-order chi connectivity index (χ0) is 22.9. The van der Waals surface area contributed by atoms with Crippen molar-refractivity contribution in [3.05, 3.63) is 98.7 Å². The summed E-state index contributed by atoms with van der Waals surface area (Å²) in [5.41, 5.74) is 1.86. The van der Waals surface area contributed by atoms with Crippen LogP contribution in [0.5, 0.6) is 11.5 Å². The van der Waals surface area contributed by atoms with Crippen LogP contribution in [0.25, 0.3) is 10.9 Å². The van der Waals surface area contributed by atoms with Gasteiger partial charge in [0.25, 0.3) is 5.56 Å². The molecule has 33 heavy (non-hydrogen) atoms. The van der Waals surface area contributed by atoms with E-state index in [1.54, 1.807) is 54.6 Å². The van der Waals surface area contributed by atoms with E-state index >= 15 is 0 Å². The van der Waals surface area contributed by atoms with Crippen molar-refractivity contribution in [2.24, 2.45) is 0 Å². The number of para-hydroxylation sites is 1. The van der Waals surface area contributed by atoms with Gasteiger partial charge in [-0.25, -0.2) is 4.79 Å². The molecule has 0 spiro atoms. The number of hydrogen-bond donors (Lipinski definition) is 1. The first kappa shape index (κ1) is 20.6. The molecule has 0 atom stereocenters. The fraction of sp³-hybridized carbons (Fsp3) is 0.160. The number of amides is 1. The summed E-state index contributed by atoms with van der Waals surface area (Å²) < 4.78 is 13.2. The summed E-state index contributed by atoms with van der Waals surface area (Å²) >= 11 is 0. The Morgan fingerprint density at radius 3 is 2.52 bits per heavy atom. The Morgan fingerprint density at radius 1 is 0.939 bits per heavy atom. The number of rotatable bonds is 5. The summed E-state index contributed by atoms with van der Waals surface area (Å²) in [6, 6.07) is 19.4. The van der Waals surface area contributed by atoms with Crippen molar-refractivity contribution in [2.75, 3.05) is 12.1 Å². The van der Waals surface area contributed by atoms with Gasteiger partial charge in [0.1, 0.15) is 6.54 Å². The average molecular weight is 443 g/mol. The molecule has 8 nitrogen and oxygen atoms in total. The smallest absolute Gasteiger partial charge is 0.332 e. The van der Waals surface area contributed by atoms with Crippen molar-refractivity contribution < 1.29 is 14.3 Å². The predicted octanol–water partition coefficient (Wildman–Crippen LogP) is 2.89. The molecule has 0 saturated heterocycles. The van der Waals surface area contributed by atoms with Gasteiger partial charge in [-0.05, 0) is 48.9 Å². The van der Waals surface area contributed by atoms with Gasteiger partial charge in [0.15, 0.2) is 11.5 Å². The molecule has 1 N–H and O–H groups in total. The van der Waals surface area contributed by atoms with E-state index in [4.69, 9.17) is 9.47 Å². The number of anilines is 1. The minimum atomic E-state index is -0.560. The topological polar surface area (TPSA) is 91.6 Å². The Bertz CT molecular complexity index is 1490. The minimum absolute atomic E-state index is 0.0404. The third kappa shape index (κ3) is 3.98. The molecule has 5 rings (SSSR count). The molecule has 8 heteroatoms. The van der Waals surface area contributed by atoms with Gasteiger partial charge in [-0.3, -0.25) is 18.7 Å². The quantitative estimate of drug-likeness (QED) is 0.512. The molecule has 0 fully saturated rings. The molecule has 1 aliphatic heterocycles. The molecule has 166 valence electrons. The summed E-state index contributed by atoms with van der Waals surface area (Å²) in [5.74, 6) is 0.827. The first-order valence-corrected chi connectivity index (χ1v) is 10.5. The van der Waals surface area contributed by atoms with Crippen LogP contribution >= 0.6 is 0 Å². The Balaban J connectivity index is 1.52. The highest BCUT2D eigenvalue weighted by molar-refractivity contribution is 5.91. The van der Waals surface area contributed by atoms with Gasteiger partial charge in [0.05, 0.1) is 17.4 Å². The maximum absolute atomic E-state index is 13.4. The fourth-order valence-electron chi connectivity index (χ4n) is 3.87. The molecule has 0 aliphatic carbocycles. The summed E-state index contributed by atoms with van der Waals surface area (Å²) in [7, 11) is 0. The predicted molar refractivity (Wildman–Crippen MR) is 124 cm³/mol. The van der Waals surface area contributed by atoms with Crippen LogP contribution in [0.1, 0.15) is 11.1 Å². The Labute approximate surface area is 188 Å². The first-order chi connectivity index (χ1) is 16.0. The maximum atomic E-state index is 13.4. The lowest BCUT2D eigenvalue weighted by Gasteiger charge is -2.14. The lowest BCUT2D eigenvalue weighted by molar-refractivity contribution is -0.116. The second-order valence-corrected chi connectivity index (χ2v) is 7.88. The molecule has 1 amide bonds. The van der Waals surface area contributed by atoms with E-state index in [0.29, 0.717) is 33.7 Å². The number of hydrogen-bond acceptors (Lipinski definition) is 5.